The molecule has 14 heavy (non-hydrogen) atoms. The second-order valence-corrected chi connectivity index (χ2v) is 12.4. The maximum absolute atomic E-state index is 5.69. The fraction of sp³-hybridized carbons (Fsp3) is 1.00. The van der Waals surface area contributed by atoms with E-state index in [9.17, 15) is 0 Å². The molecule has 86 valence electrons. The molecule has 0 fully saturated rings. The topological polar surface area (TPSA) is 0 Å². The van der Waals surface area contributed by atoms with Gasteiger partial charge in [0, 0.05) is 8.07 Å². The third kappa shape index (κ3) is 7.39. The van der Waals surface area contributed by atoms with Crippen LogP contribution in [-0.4, -0.2) is 11.9 Å². The average Bonchev–Trinajstić information content (AvgIpc) is 2.11. The lowest BCUT2D eigenvalue weighted by atomic mass is 10.3. The summed E-state index contributed by atoms with van der Waals surface area (Å²) in [5, 5.41) is 0. The van der Waals surface area contributed by atoms with Crippen LogP contribution >= 0.6 is 34.8 Å². The van der Waals surface area contributed by atoms with Crippen LogP contribution in [0.2, 0.25) is 24.7 Å². The van der Waals surface area contributed by atoms with Gasteiger partial charge in [0.15, 0.2) is 3.79 Å². The molecular formula is C10H21Cl3Si. The van der Waals surface area contributed by atoms with Crippen LogP contribution in [0, 0.1) is 0 Å². The molecule has 0 atom stereocenters. The van der Waals surface area contributed by atoms with Crippen molar-refractivity contribution in [3.8, 4) is 0 Å². The first-order valence-electron chi connectivity index (χ1n) is 5.40. The van der Waals surface area contributed by atoms with Crippen molar-refractivity contribution in [2.75, 3.05) is 0 Å². The van der Waals surface area contributed by atoms with Crippen molar-refractivity contribution in [2.24, 2.45) is 0 Å². The van der Waals surface area contributed by atoms with Crippen LogP contribution in [0.1, 0.15) is 33.1 Å². The summed E-state index contributed by atoms with van der Waals surface area (Å²) in [5.41, 5.74) is 0. The summed E-state index contributed by atoms with van der Waals surface area (Å²) >= 11 is 17.1. The lowest BCUT2D eigenvalue weighted by molar-refractivity contribution is 0.724. The summed E-state index contributed by atoms with van der Waals surface area (Å²) in [4.78, 5) is 0. The van der Waals surface area contributed by atoms with Gasteiger partial charge in [-0.05, 0) is 12.8 Å². The molecule has 0 bridgehead atoms. The van der Waals surface area contributed by atoms with Gasteiger partial charge >= 0.3 is 0 Å². The molecule has 0 aromatic carbocycles. The molecule has 0 saturated carbocycles. The van der Waals surface area contributed by atoms with Gasteiger partial charge in [-0.15, -0.1) is 0 Å². The minimum absolute atomic E-state index is 0.690. The molecule has 0 aliphatic heterocycles. The summed E-state index contributed by atoms with van der Waals surface area (Å²) in [6, 6.07) is 4.12. The fourth-order valence-corrected chi connectivity index (χ4v) is 4.19. The Balaban J connectivity index is 3.63. The highest BCUT2D eigenvalue weighted by molar-refractivity contribution is 6.78. The largest absolute Gasteiger partial charge is 0.190 e. The highest BCUT2D eigenvalue weighted by Crippen LogP contribution is 2.33. The molecule has 0 spiro atoms. The summed E-state index contributed by atoms with van der Waals surface area (Å²) in [7, 11) is -0.923. The van der Waals surface area contributed by atoms with Crippen LogP contribution in [-0.2, 0) is 0 Å². The minimum atomic E-state index is -1.05. The molecule has 0 unspecified atom stereocenters. The monoisotopic (exact) mass is 274 g/mol. The van der Waals surface area contributed by atoms with Crippen LogP contribution < -0.4 is 0 Å². The smallest absolute Gasteiger partial charge is 0.0837 e. The predicted octanol–water partition coefficient (Wildman–Crippen LogP) is 5.65. The molecule has 0 amide bonds. The van der Waals surface area contributed by atoms with Gasteiger partial charge in [-0.1, -0.05) is 79.8 Å². The second-order valence-electron chi connectivity index (χ2n) is 4.34. The first kappa shape index (κ1) is 15.1. The fourth-order valence-electron chi connectivity index (χ4n) is 1.48. The maximum atomic E-state index is 5.69. The number of alkyl halides is 3. The molecule has 0 nitrogen and oxygen atoms in total. The first-order valence-corrected chi connectivity index (χ1v) is 9.65. The van der Waals surface area contributed by atoms with Crippen molar-refractivity contribution >= 4 is 42.9 Å². The van der Waals surface area contributed by atoms with E-state index in [1.165, 1.54) is 24.6 Å². The third-order valence-corrected chi connectivity index (χ3v) is 8.74. The quantitative estimate of drug-likeness (QED) is 0.334. The van der Waals surface area contributed by atoms with Gasteiger partial charge in [-0.3, -0.25) is 0 Å². The van der Waals surface area contributed by atoms with E-state index in [-0.39, 0.29) is 0 Å². The Morgan fingerprint density at radius 2 is 1.50 bits per heavy atom. The van der Waals surface area contributed by atoms with E-state index in [4.69, 9.17) is 34.8 Å². The van der Waals surface area contributed by atoms with Gasteiger partial charge in [-0.2, -0.15) is 0 Å². The number of hydrogen-bond acceptors (Lipinski definition) is 0. The molecule has 0 aliphatic rings. The Morgan fingerprint density at radius 1 is 1.00 bits per heavy atom. The number of halogens is 3. The Bertz CT molecular complexity index is 150. The minimum Gasteiger partial charge on any atom is -0.0837 e. The normalized spacial score (nSPS) is 13.3. The molecule has 0 rings (SSSR count). The number of unbranched alkanes of at least 4 members (excludes halogenated alkanes) is 1. The Kier molecular flexibility index (Phi) is 7.14. The van der Waals surface area contributed by atoms with Gasteiger partial charge in [0.05, 0.1) is 0 Å². The van der Waals surface area contributed by atoms with Crippen LogP contribution in [0.3, 0.4) is 0 Å². The van der Waals surface area contributed by atoms with Crippen LogP contribution in [0.5, 0.6) is 0 Å². The summed E-state index contributed by atoms with van der Waals surface area (Å²) in [6.07, 6.45) is 2.95. The van der Waals surface area contributed by atoms with Crippen molar-refractivity contribution in [1.29, 1.82) is 0 Å². The molecular weight excluding hydrogens is 255 g/mol. The van der Waals surface area contributed by atoms with E-state index in [1.54, 1.807) is 0 Å². The predicted molar refractivity (Wildman–Crippen MR) is 71.5 cm³/mol. The molecule has 0 N–H and O–H groups in total. The lowest BCUT2D eigenvalue weighted by Crippen LogP contribution is -2.27. The van der Waals surface area contributed by atoms with Crippen LogP contribution in [0.25, 0.3) is 0 Å². The van der Waals surface area contributed by atoms with Gasteiger partial charge < -0.3 is 0 Å². The highest BCUT2D eigenvalue weighted by atomic mass is 35.6. The summed E-state index contributed by atoms with van der Waals surface area (Å²) < 4.78 is -1.05. The highest BCUT2D eigenvalue weighted by Gasteiger charge is 2.23. The van der Waals surface area contributed by atoms with Crippen molar-refractivity contribution in [2.45, 2.75) is 61.6 Å². The Labute approximate surface area is 104 Å². The standard InChI is InChI=1S/C10H21Cl3Si/c1-4-14(3,5-2)9-7-6-8-10(11,12)13/h4-9H2,1-3H3. The third-order valence-electron chi connectivity index (χ3n) is 3.20. The summed E-state index contributed by atoms with van der Waals surface area (Å²) in [6.45, 7) is 7.09. The average molecular weight is 276 g/mol. The lowest BCUT2D eigenvalue weighted by Gasteiger charge is -2.24. The zero-order valence-electron chi connectivity index (χ0n) is 9.38. The molecule has 0 saturated heterocycles. The first-order chi connectivity index (χ1) is 6.33. The van der Waals surface area contributed by atoms with E-state index in [1.807, 2.05) is 0 Å². The zero-order valence-corrected chi connectivity index (χ0v) is 12.6. The van der Waals surface area contributed by atoms with Crippen molar-refractivity contribution < 1.29 is 0 Å². The van der Waals surface area contributed by atoms with E-state index in [2.05, 4.69) is 20.4 Å². The van der Waals surface area contributed by atoms with Crippen LogP contribution in [0.15, 0.2) is 0 Å². The van der Waals surface area contributed by atoms with Gasteiger partial charge in [-0.25, -0.2) is 0 Å². The zero-order chi connectivity index (χ0) is 11.2. The maximum Gasteiger partial charge on any atom is 0.190 e. The Hall–Kier alpha value is 1.09. The molecule has 0 aromatic rings. The van der Waals surface area contributed by atoms with Gasteiger partial charge in [0.1, 0.15) is 0 Å². The van der Waals surface area contributed by atoms with Crippen molar-refractivity contribution in [1.82, 2.24) is 0 Å². The van der Waals surface area contributed by atoms with E-state index in [0.717, 1.165) is 6.42 Å². The van der Waals surface area contributed by atoms with Crippen LogP contribution in [0.4, 0.5) is 0 Å². The molecule has 0 radical (unpaired) electrons. The van der Waals surface area contributed by atoms with E-state index < -0.39 is 11.9 Å². The Morgan fingerprint density at radius 3 is 1.86 bits per heavy atom. The molecule has 0 heterocycles. The van der Waals surface area contributed by atoms with E-state index >= 15 is 0 Å². The van der Waals surface area contributed by atoms with Gasteiger partial charge in [0.2, 0.25) is 0 Å². The number of hydrogen-bond donors (Lipinski definition) is 0. The number of rotatable bonds is 6. The summed E-state index contributed by atoms with van der Waals surface area (Å²) in [5.74, 6) is 0. The molecule has 0 aliphatic carbocycles. The van der Waals surface area contributed by atoms with Crippen molar-refractivity contribution in [3.05, 3.63) is 0 Å². The SMILES string of the molecule is CC[Si](C)(CC)CCCCC(Cl)(Cl)Cl. The van der Waals surface area contributed by atoms with E-state index in [0.29, 0.717) is 6.42 Å². The van der Waals surface area contributed by atoms with Gasteiger partial charge in [0.25, 0.3) is 0 Å². The molecule has 0 aromatic heterocycles. The molecule has 4 heteroatoms. The van der Waals surface area contributed by atoms with Crippen molar-refractivity contribution in [3.63, 3.8) is 0 Å². The second kappa shape index (κ2) is 6.62.